The van der Waals surface area contributed by atoms with E-state index in [0.717, 1.165) is 38.0 Å². The van der Waals surface area contributed by atoms with Gasteiger partial charge in [0, 0.05) is 24.8 Å². The maximum absolute atomic E-state index is 9.64. The molecule has 1 saturated carbocycles. The number of rotatable bonds is 5. The molecule has 28 heavy (non-hydrogen) atoms. The smallest absolute Gasteiger partial charge is 0.152 e. The van der Waals surface area contributed by atoms with Gasteiger partial charge in [-0.1, -0.05) is 48.2 Å². The minimum absolute atomic E-state index is 0.305. The fraction of sp³-hybridized carbons (Fsp3) is 0.524. The van der Waals surface area contributed by atoms with Gasteiger partial charge in [0.2, 0.25) is 0 Å². The Morgan fingerprint density at radius 1 is 1.14 bits per heavy atom. The minimum Gasteiger partial charge on any atom is -0.396 e. The number of halogens is 2. The summed E-state index contributed by atoms with van der Waals surface area (Å²) in [5, 5.41) is 10.5. The van der Waals surface area contributed by atoms with Crippen LogP contribution in [0.4, 0.5) is 11.6 Å². The predicted octanol–water partition coefficient (Wildman–Crippen LogP) is 4.80. The van der Waals surface area contributed by atoms with Crippen LogP contribution in [-0.4, -0.2) is 34.3 Å². The molecule has 150 valence electrons. The lowest BCUT2D eigenvalue weighted by molar-refractivity contribution is 0.185. The Hall–Kier alpha value is -1.56. The third-order valence-corrected chi connectivity index (χ3v) is 7.11. The standard InChI is InChI=1S/C21H26Cl2N4O/c22-17-8-2-7-16(19(17)23)20-21(24)26-18(11-25-20)27-9-3-6-15(27)10-13-4-1-5-14(13)12-28/h2,7-8,11,13-15,28H,1,3-6,9-10,12H2,(H2,24,26). The van der Waals surface area contributed by atoms with Crippen molar-refractivity contribution >= 4 is 34.8 Å². The van der Waals surface area contributed by atoms with Gasteiger partial charge in [0.15, 0.2) is 5.82 Å². The molecular weight excluding hydrogens is 395 g/mol. The minimum atomic E-state index is 0.305. The van der Waals surface area contributed by atoms with Gasteiger partial charge in [0.05, 0.1) is 16.2 Å². The van der Waals surface area contributed by atoms with E-state index in [1.165, 1.54) is 12.8 Å². The van der Waals surface area contributed by atoms with Gasteiger partial charge >= 0.3 is 0 Å². The molecule has 2 aliphatic rings. The lowest BCUT2D eigenvalue weighted by Crippen LogP contribution is -2.33. The van der Waals surface area contributed by atoms with E-state index in [0.29, 0.717) is 51.6 Å². The number of nitrogens with two attached hydrogens (primary N) is 1. The van der Waals surface area contributed by atoms with Crippen LogP contribution in [0.2, 0.25) is 10.0 Å². The van der Waals surface area contributed by atoms with Gasteiger partial charge < -0.3 is 15.7 Å². The van der Waals surface area contributed by atoms with Crippen molar-refractivity contribution in [1.29, 1.82) is 0 Å². The van der Waals surface area contributed by atoms with E-state index >= 15 is 0 Å². The van der Waals surface area contributed by atoms with Crippen molar-refractivity contribution < 1.29 is 5.11 Å². The number of anilines is 2. The first-order valence-electron chi connectivity index (χ1n) is 10.0. The molecule has 3 atom stereocenters. The molecule has 2 heterocycles. The van der Waals surface area contributed by atoms with Crippen molar-refractivity contribution in [3.05, 3.63) is 34.4 Å². The number of aromatic nitrogens is 2. The third kappa shape index (κ3) is 3.80. The summed E-state index contributed by atoms with van der Waals surface area (Å²) < 4.78 is 0. The second-order valence-corrected chi connectivity index (χ2v) is 8.71. The molecule has 1 aromatic carbocycles. The molecule has 1 saturated heterocycles. The summed E-state index contributed by atoms with van der Waals surface area (Å²) >= 11 is 12.5. The number of aliphatic hydroxyl groups is 1. The van der Waals surface area contributed by atoms with Gasteiger partial charge in [-0.25, -0.2) is 9.97 Å². The topological polar surface area (TPSA) is 75.3 Å². The first kappa shape index (κ1) is 19.7. The van der Waals surface area contributed by atoms with Crippen molar-refractivity contribution in [2.45, 2.75) is 44.6 Å². The quantitative estimate of drug-likeness (QED) is 0.726. The molecule has 0 spiro atoms. The summed E-state index contributed by atoms with van der Waals surface area (Å²) in [7, 11) is 0. The second kappa shape index (κ2) is 8.44. The average molecular weight is 421 g/mol. The molecule has 1 aliphatic carbocycles. The summed E-state index contributed by atoms with van der Waals surface area (Å²) in [6.07, 6.45) is 8.78. The fourth-order valence-corrected chi connectivity index (χ4v) is 5.21. The highest BCUT2D eigenvalue weighted by atomic mass is 35.5. The number of nitrogens with zero attached hydrogens (tertiary/aromatic N) is 3. The summed E-state index contributed by atoms with van der Waals surface area (Å²) in [6, 6.07) is 5.85. The van der Waals surface area contributed by atoms with Gasteiger partial charge in [-0.3, -0.25) is 0 Å². The van der Waals surface area contributed by atoms with Crippen molar-refractivity contribution in [2.75, 3.05) is 23.8 Å². The summed E-state index contributed by atoms with van der Waals surface area (Å²) in [5.41, 5.74) is 7.51. The molecule has 7 heteroatoms. The Balaban J connectivity index is 1.55. The molecular formula is C21H26Cl2N4O. The van der Waals surface area contributed by atoms with E-state index in [9.17, 15) is 5.11 Å². The molecule has 3 N–H and O–H groups in total. The summed E-state index contributed by atoms with van der Waals surface area (Å²) in [5.74, 6) is 2.23. The van der Waals surface area contributed by atoms with Gasteiger partial charge in [-0.2, -0.15) is 0 Å². The Kier molecular flexibility index (Phi) is 5.95. The molecule has 5 nitrogen and oxygen atoms in total. The van der Waals surface area contributed by atoms with Gasteiger partial charge in [-0.15, -0.1) is 0 Å². The van der Waals surface area contributed by atoms with Crippen LogP contribution < -0.4 is 10.6 Å². The maximum Gasteiger partial charge on any atom is 0.152 e. The van der Waals surface area contributed by atoms with Crippen molar-refractivity contribution in [2.24, 2.45) is 11.8 Å². The fourth-order valence-electron chi connectivity index (χ4n) is 4.82. The van der Waals surface area contributed by atoms with Crippen LogP contribution in [0.3, 0.4) is 0 Å². The average Bonchev–Trinajstić information content (AvgIpc) is 3.34. The number of benzene rings is 1. The van der Waals surface area contributed by atoms with Crippen molar-refractivity contribution in [3.63, 3.8) is 0 Å². The second-order valence-electron chi connectivity index (χ2n) is 7.92. The van der Waals surface area contributed by atoms with Crippen LogP contribution in [0.15, 0.2) is 24.4 Å². The Morgan fingerprint density at radius 2 is 1.96 bits per heavy atom. The molecule has 4 rings (SSSR count). The van der Waals surface area contributed by atoms with Crippen LogP contribution in [-0.2, 0) is 0 Å². The Labute approximate surface area is 175 Å². The van der Waals surface area contributed by atoms with Crippen molar-refractivity contribution in [3.8, 4) is 11.3 Å². The third-order valence-electron chi connectivity index (χ3n) is 6.29. The van der Waals surface area contributed by atoms with Crippen LogP contribution >= 0.6 is 23.2 Å². The number of hydrogen-bond donors (Lipinski definition) is 2. The van der Waals surface area contributed by atoms with Crippen molar-refractivity contribution in [1.82, 2.24) is 9.97 Å². The normalized spacial score (nSPS) is 24.8. The van der Waals surface area contributed by atoms with E-state index < -0.39 is 0 Å². The number of hydrogen-bond acceptors (Lipinski definition) is 5. The lowest BCUT2D eigenvalue weighted by Gasteiger charge is -2.29. The highest BCUT2D eigenvalue weighted by Crippen LogP contribution is 2.39. The first-order valence-corrected chi connectivity index (χ1v) is 10.8. The number of nitrogen functional groups attached to an aromatic ring is 1. The summed E-state index contributed by atoms with van der Waals surface area (Å²) in [4.78, 5) is 11.6. The molecule has 2 aromatic rings. The molecule has 0 radical (unpaired) electrons. The van der Waals surface area contributed by atoms with Crippen LogP contribution in [0.1, 0.15) is 38.5 Å². The van der Waals surface area contributed by atoms with Gasteiger partial charge in [-0.05, 0) is 43.6 Å². The highest BCUT2D eigenvalue weighted by molar-refractivity contribution is 6.43. The highest BCUT2D eigenvalue weighted by Gasteiger charge is 2.34. The maximum atomic E-state index is 9.64. The molecule has 0 amide bonds. The monoisotopic (exact) mass is 420 g/mol. The number of aliphatic hydroxyl groups excluding tert-OH is 1. The zero-order valence-corrected chi connectivity index (χ0v) is 17.3. The Morgan fingerprint density at radius 3 is 2.75 bits per heavy atom. The van der Waals surface area contributed by atoms with Gasteiger partial charge in [0.1, 0.15) is 11.5 Å². The zero-order valence-electron chi connectivity index (χ0n) is 15.8. The molecule has 0 bridgehead atoms. The first-order chi connectivity index (χ1) is 13.6. The predicted molar refractivity (Wildman–Crippen MR) is 115 cm³/mol. The largest absolute Gasteiger partial charge is 0.396 e. The van der Waals surface area contributed by atoms with Crippen LogP contribution in [0.25, 0.3) is 11.3 Å². The SMILES string of the molecule is Nc1nc(N2CCCC2CC2CCCC2CO)cnc1-c1cccc(Cl)c1Cl. The van der Waals surface area contributed by atoms with E-state index in [4.69, 9.17) is 28.9 Å². The zero-order chi connectivity index (χ0) is 19.7. The van der Waals surface area contributed by atoms with E-state index in [-0.39, 0.29) is 0 Å². The summed E-state index contributed by atoms with van der Waals surface area (Å²) in [6.45, 7) is 1.27. The molecule has 2 fully saturated rings. The molecule has 3 unspecified atom stereocenters. The van der Waals surface area contributed by atoms with E-state index in [2.05, 4.69) is 14.9 Å². The van der Waals surface area contributed by atoms with Crippen LogP contribution in [0.5, 0.6) is 0 Å². The molecule has 1 aliphatic heterocycles. The van der Waals surface area contributed by atoms with E-state index in [1.54, 1.807) is 12.3 Å². The van der Waals surface area contributed by atoms with E-state index in [1.807, 2.05) is 12.1 Å². The Bertz CT molecular complexity index is 847. The lowest BCUT2D eigenvalue weighted by atomic mass is 9.89. The molecule has 1 aromatic heterocycles. The van der Waals surface area contributed by atoms with Gasteiger partial charge in [0.25, 0.3) is 0 Å². The van der Waals surface area contributed by atoms with Crippen LogP contribution in [0, 0.1) is 11.8 Å².